The molecule has 0 aliphatic carbocycles. The van der Waals surface area contributed by atoms with Crippen LogP contribution in [0.2, 0.25) is 0 Å². The first-order valence-corrected chi connectivity index (χ1v) is 10.7. The highest BCUT2D eigenvalue weighted by molar-refractivity contribution is 14.0. The fourth-order valence-corrected chi connectivity index (χ4v) is 4.64. The first kappa shape index (κ1) is 21.3. The number of rotatable bonds is 5. The van der Waals surface area contributed by atoms with Gasteiger partial charge in [0.05, 0.1) is 12.6 Å². The van der Waals surface area contributed by atoms with Crippen molar-refractivity contribution in [2.75, 3.05) is 50.7 Å². The summed E-state index contributed by atoms with van der Waals surface area (Å²) in [6, 6.07) is 11.0. The molecule has 1 unspecified atom stereocenters. The Hall–Kier alpha value is -1.39. The Morgan fingerprint density at radius 3 is 2.43 bits per heavy atom. The number of piperazine rings is 1. The summed E-state index contributed by atoms with van der Waals surface area (Å²) in [5, 5.41) is 3.13. The number of aliphatic imine (C=N–C) groups is 1. The Morgan fingerprint density at radius 1 is 1.07 bits per heavy atom. The van der Waals surface area contributed by atoms with Gasteiger partial charge in [-0.05, 0) is 31.5 Å². The predicted octanol–water partition coefficient (Wildman–Crippen LogP) is 3.03. The summed E-state index contributed by atoms with van der Waals surface area (Å²) >= 11 is 1.69. The Labute approximate surface area is 188 Å². The third-order valence-corrected chi connectivity index (χ3v) is 6.32. The maximum atomic E-state index is 6.36. The van der Waals surface area contributed by atoms with E-state index in [1.807, 2.05) is 11.6 Å². The number of hydrogen-bond acceptors (Lipinski definition) is 5. The number of guanidine groups is 1. The second-order valence-corrected chi connectivity index (χ2v) is 8.03. The molecule has 1 aromatic carbocycles. The van der Waals surface area contributed by atoms with Gasteiger partial charge < -0.3 is 15.5 Å². The van der Waals surface area contributed by atoms with Crippen LogP contribution in [0.3, 0.4) is 0 Å². The summed E-state index contributed by atoms with van der Waals surface area (Å²) in [5.41, 5.74) is 7.70. The zero-order valence-corrected chi connectivity index (χ0v) is 19.3. The number of aromatic nitrogens is 1. The lowest BCUT2D eigenvalue weighted by Gasteiger charge is -2.35. The number of hydrogen-bond donors (Lipinski definition) is 1. The van der Waals surface area contributed by atoms with Crippen LogP contribution in [0.15, 0.2) is 46.9 Å². The molecule has 4 rings (SSSR count). The van der Waals surface area contributed by atoms with Gasteiger partial charge in [-0.25, -0.2) is 4.98 Å². The highest BCUT2D eigenvalue weighted by atomic mass is 127. The van der Waals surface area contributed by atoms with Gasteiger partial charge in [0.15, 0.2) is 11.1 Å². The van der Waals surface area contributed by atoms with Gasteiger partial charge in [0.2, 0.25) is 0 Å². The number of halogens is 1. The fraction of sp³-hybridized carbons (Fsp3) is 0.500. The monoisotopic (exact) mass is 512 g/mol. The molecule has 152 valence electrons. The van der Waals surface area contributed by atoms with Crippen LogP contribution in [0.25, 0.3) is 0 Å². The maximum absolute atomic E-state index is 6.36. The third-order valence-electron chi connectivity index (χ3n) is 5.49. The van der Waals surface area contributed by atoms with Crippen LogP contribution in [0.1, 0.15) is 24.4 Å². The van der Waals surface area contributed by atoms with Crippen LogP contribution in [-0.4, -0.2) is 66.6 Å². The van der Waals surface area contributed by atoms with E-state index in [2.05, 4.69) is 50.0 Å². The van der Waals surface area contributed by atoms with Crippen LogP contribution in [0.4, 0.5) is 5.13 Å². The van der Waals surface area contributed by atoms with Crippen LogP contribution in [-0.2, 0) is 0 Å². The summed E-state index contributed by atoms with van der Waals surface area (Å²) < 4.78 is 0. The Kier molecular flexibility index (Phi) is 7.92. The number of nitrogens with zero attached hydrogens (tertiary/aromatic N) is 5. The maximum Gasteiger partial charge on any atom is 0.191 e. The summed E-state index contributed by atoms with van der Waals surface area (Å²) in [4.78, 5) is 16.3. The SMILES string of the molecule is I.NC(=NCC(c1ccccc1)N1CCCC1)N1CCN(c2nccs2)CC1. The van der Waals surface area contributed by atoms with Crippen LogP contribution in [0.5, 0.6) is 0 Å². The minimum absolute atomic E-state index is 0. The fourth-order valence-electron chi connectivity index (χ4n) is 3.94. The largest absolute Gasteiger partial charge is 0.370 e. The molecule has 28 heavy (non-hydrogen) atoms. The molecule has 2 fully saturated rings. The highest BCUT2D eigenvalue weighted by Crippen LogP contribution is 2.25. The smallest absolute Gasteiger partial charge is 0.191 e. The molecule has 2 saturated heterocycles. The zero-order valence-electron chi connectivity index (χ0n) is 16.1. The third kappa shape index (κ3) is 5.15. The summed E-state index contributed by atoms with van der Waals surface area (Å²) in [6.07, 6.45) is 4.42. The second kappa shape index (κ2) is 10.4. The lowest BCUT2D eigenvalue weighted by Crippen LogP contribution is -2.51. The van der Waals surface area contributed by atoms with Gasteiger partial charge in [-0.15, -0.1) is 35.3 Å². The zero-order chi connectivity index (χ0) is 18.5. The number of nitrogens with two attached hydrogens (primary N) is 1. The van der Waals surface area contributed by atoms with Crippen molar-refractivity contribution >= 4 is 46.4 Å². The van der Waals surface area contributed by atoms with Gasteiger partial charge in [0, 0.05) is 37.8 Å². The number of likely N-dealkylation sites (tertiary alicyclic amines) is 1. The van der Waals surface area contributed by atoms with E-state index in [0.29, 0.717) is 12.0 Å². The van der Waals surface area contributed by atoms with E-state index in [1.165, 1.54) is 18.4 Å². The van der Waals surface area contributed by atoms with Gasteiger partial charge in [-0.1, -0.05) is 30.3 Å². The van der Waals surface area contributed by atoms with Crippen molar-refractivity contribution in [1.29, 1.82) is 0 Å². The number of thiazole rings is 1. The first-order valence-electron chi connectivity index (χ1n) is 9.79. The van der Waals surface area contributed by atoms with E-state index < -0.39 is 0 Å². The molecule has 0 saturated carbocycles. The molecule has 2 aromatic rings. The standard InChI is InChI=1S/C20H28N6S.HI/c21-19(25-11-13-26(14-12-25)20-22-8-15-27-20)23-16-18(24-9-4-5-10-24)17-6-2-1-3-7-17;/h1-3,6-8,15,18H,4-5,9-14,16H2,(H2,21,23);1H. The van der Waals surface area contributed by atoms with Crippen LogP contribution >= 0.6 is 35.3 Å². The van der Waals surface area contributed by atoms with Crippen LogP contribution < -0.4 is 10.6 Å². The van der Waals surface area contributed by atoms with Crippen molar-refractivity contribution < 1.29 is 0 Å². The van der Waals surface area contributed by atoms with Gasteiger partial charge >= 0.3 is 0 Å². The van der Waals surface area contributed by atoms with Gasteiger partial charge in [0.25, 0.3) is 0 Å². The molecule has 0 radical (unpaired) electrons. The molecule has 2 aliphatic heterocycles. The van der Waals surface area contributed by atoms with Crippen molar-refractivity contribution in [3.05, 3.63) is 47.5 Å². The van der Waals surface area contributed by atoms with E-state index in [1.54, 1.807) is 11.3 Å². The summed E-state index contributed by atoms with van der Waals surface area (Å²) in [6.45, 7) is 6.71. The van der Waals surface area contributed by atoms with E-state index in [-0.39, 0.29) is 24.0 Å². The lowest BCUT2D eigenvalue weighted by molar-refractivity contribution is 0.251. The number of anilines is 1. The summed E-state index contributed by atoms with van der Waals surface area (Å²) in [5.74, 6) is 0.675. The Balaban J connectivity index is 0.00000225. The average molecular weight is 512 g/mol. The van der Waals surface area contributed by atoms with Crippen molar-refractivity contribution in [3.8, 4) is 0 Å². The normalized spacial score (nSPS) is 19.5. The predicted molar refractivity (Wildman–Crippen MR) is 128 cm³/mol. The second-order valence-electron chi connectivity index (χ2n) is 7.16. The van der Waals surface area contributed by atoms with E-state index in [9.17, 15) is 0 Å². The Morgan fingerprint density at radius 2 is 1.79 bits per heavy atom. The topological polar surface area (TPSA) is 61.0 Å². The van der Waals surface area contributed by atoms with Crippen molar-refractivity contribution in [1.82, 2.24) is 14.8 Å². The van der Waals surface area contributed by atoms with Gasteiger partial charge in [-0.3, -0.25) is 9.89 Å². The van der Waals surface area contributed by atoms with Gasteiger partial charge in [-0.2, -0.15) is 0 Å². The molecule has 6 nitrogen and oxygen atoms in total. The minimum Gasteiger partial charge on any atom is -0.370 e. The molecule has 0 amide bonds. The lowest BCUT2D eigenvalue weighted by atomic mass is 10.1. The summed E-state index contributed by atoms with van der Waals surface area (Å²) in [7, 11) is 0. The molecule has 0 spiro atoms. The average Bonchev–Trinajstić information content (AvgIpc) is 3.43. The minimum atomic E-state index is 0. The van der Waals surface area contributed by atoms with E-state index in [4.69, 9.17) is 10.7 Å². The molecule has 1 aromatic heterocycles. The van der Waals surface area contributed by atoms with E-state index in [0.717, 1.165) is 50.9 Å². The molecular weight excluding hydrogens is 483 g/mol. The molecular formula is C20H29IN6S. The first-order chi connectivity index (χ1) is 13.3. The quantitative estimate of drug-likeness (QED) is 0.379. The molecule has 8 heteroatoms. The van der Waals surface area contributed by atoms with Crippen molar-refractivity contribution in [2.24, 2.45) is 10.7 Å². The van der Waals surface area contributed by atoms with Gasteiger partial charge in [0.1, 0.15) is 0 Å². The Bertz CT molecular complexity index is 724. The molecule has 2 aliphatic rings. The molecule has 1 atom stereocenters. The number of benzene rings is 1. The molecule has 2 N–H and O–H groups in total. The van der Waals surface area contributed by atoms with Crippen molar-refractivity contribution in [2.45, 2.75) is 18.9 Å². The van der Waals surface area contributed by atoms with Crippen LogP contribution in [0, 0.1) is 0 Å². The van der Waals surface area contributed by atoms with E-state index >= 15 is 0 Å². The molecule has 0 bridgehead atoms. The highest BCUT2D eigenvalue weighted by Gasteiger charge is 2.24. The molecule has 3 heterocycles. The van der Waals surface area contributed by atoms with Crippen molar-refractivity contribution in [3.63, 3.8) is 0 Å².